The smallest absolute Gasteiger partial charge is 0.254 e. The van der Waals surface area contributed by atoms with Gasteiger partial charge in [-0.15, -0.1) is 12.4 Å². The standard InChI is InChI=1S/C15H19FN4O.ClH/c1-10(17)7-8-18-15(21)14-9-19-20(11(14)2)13-5-3-12(16)4-6-13;/h3-6,9-10H,7-8,17H2,1-2H3,(H,18,21);1H. The van der Waals surface area contributed by atoms with Crippen LogP contribution >= 0.6 is 12.4 Å². The number of nitrogens with two attached hydrogens (primary N) is 1. The fourth-order valence-corrected chi connectivity index (χ4v) is 1.98. The minimum atomic E-state index is -0.308. The van der Waals surface area contributed by atoms with Crippen LogP contribution in [-0.2, 0) is 0 Å². The van der Waals surface area contributed by atoms with Gasteiger partial charge in [-0.25, -0.2) is 9.07 Å². The third-order valence-corrected chi connectivity index (χ3v) is 3.21. The van der Waals surface area contributed by atoms with Gasteiger partial charge in [-0.3, -0.25) is 4.79 Å². The van der Waals surface area contributed by atoms with Crippen LogP contribution < -0.4 is 11.1 Å². The Morgan fingerprint density at radius 2 is 2.05 bits per heavy atom. The summed E-state index contributed by atoms with van der Waals surface area (Å²) in [5, 5.41) is 7.00. The molecule has 0 aliphatic carbocycles. The highest BCUT2D eigenvalue weighted by atomic mass is 35.5. The average Bonchev–Trinajstić information content (AvgIpc) is 2.81. The zero-order valence-electron chi connectivity index (χ0n) is 12.5. The first-order chi connectivity index (χ1) is 9.99. The summed E-state index contributed by atoms with van der Waals surface area (Å²) in [6.07, 6.45) is 2.23. The van der Waals surface area contributed by atoms with E-state index in [9.17, 15) is 9.18 Å². The lowest BCUT2D eigenvalue weighted by molar-refractivity contribution is 0.0952. The number of hydrogen-bond acceptors (Lipinski definition) is 3. The number of nitrogens with zero attached hydrogens (tertiary/aromatic N) is 2. The van der Waals surface area contributed by atoms with Crippen molar-refractivity contribution in [1.29, 1.82) is 0 Å². The molecular formula is C15H20ClFN4O. The third-order valence-electron chi connectivity index (χ3n) is 3.21. The zero-order chi connectivity index (χ0) is 15.4. The number of carbonyl (C=O) groups excluding carboxylic acids is 1. The highest BCUT2D eigenvalue weighted by molar-refractivity contribution is 5.95. The van der Waals surface area contributed by atoms with Gasteiger partial charge in [-0.2, -0.15) is 5.10 Å². The Hall–Kier alpha value is -1.92. The molecule has 120 valence electrons. The third kappa shape index (κ3) is 4.29. The molecule has 0 aliphatic rings. The molecule has 1 aromatic heterocycles. The van der Waals surface area contributed by atoms with Gasteiger partial charge < -0.3 is 11.1 Å². The molecule has 7 heteroatoms. The van der Waals surface area contributed by atoms with Crippen molar-refractivity contribution < 1.29 is 9.18 Å². The van der Waals surface area contributed by atoms with E-state index in [2.05, 4.69) is 10.4 Å². The maximum atomic E-state index is 12.9. The quantitative estimate of drug-likeness (QED) is 0.884. The van der Waals surface area contributed by atoms with Crippen molar-refractivity contribution in [3.05, 3.63) is 47.5 Å². The van der Waals surface area contributed by atoms with E-state index in [1.54, 1.807) is 23.7 Å². The maximum absolute atomic E-state index is 12.9. The molecule has 3 N–H and O–H groups in total. The lowest BCUT2D eigenvalue weighted by atomic mass is 10.2. The van der Waals surface area contributed by atoms with Crippen LogP contribution in [0, 0.1) is 12.7 Å². The molecule has 1 aromatic carbocycles. The molecule has 0 spiro atoms. The van der Waals surface area contributed by atoms with Gasteiger partial charge in [-0.05, 0) is 44.5 Å². The van der Waals surface area contributed by atoms with Gasteiger partial charge in [0.15, 0.2) is 0 Å². The normalized spacial score (nSPS) is 11.6. The molecule has 1 heterocycles. The summed E-state index contributed by atoms with van der Waals surface area (Å²) in [6.45, 7) is 4.22. The Kier molecular flexibility index (Phi) is 6.52. The molecule has 2 aromatic rings. The van der Waals surface area contributed by atoms with E-state index in [4.69, 9.17) is 5.73 Å². The number of nitrogens with one attached hydrogen (secondary N) is 1. The number of amides is 1. The van der Waals surface area contributed by atoms with E-state index in [0.717, 1.165) is 6.42 Å². The Balaban J connectivity index is 0.00000242. The van der Waals surface area contributed by atoms with Crippen LogP contribution in [0.3, 0.4) is 0 Å². The predicted octanol–water partition coefficient (Wildman–Crippen LogP) is 2.21. The van der Waals surface area contributed by atoms with Crippen molar-refractivity contribution in [3.8, 4) is 5.69 Å². The summed E-state index contributed by atoms with van der Waals surface area (Å²) in [7, 11) is 0. The van der Waals surface area contributed by atoms with Gasteiger partial charge in [0.2, 0.25) is 0 Å². The monoisotopic (exact) mass is 326 g/mol. The van der Waals surface area contributed by atoms with Gasteiger partial charge in [0.05, 0.1) is 23.1 Å². The fraction of sp³-hybridized carbons (Fsp3) is 0.333. The average molecular weight is 327 g/mol. The van der Waals surface area contributed by atoms with Crippen molar-refractivity contribution in [2.75, 3.05) is 6.54 Å². The lowest BCUT2D eigenvalue weighted by Gasteiger charge is -2.08. The summed E-state index contributed by atoms with van der Waals surface area (Å²) in [5.41, 5.74) is 7.56. The fourth-order valence-electron chi connectivity index (χ4n) is 1.98. The number of rotatable bonds is 5. The largest absolute Gasteiger partial charge is 0.352 e. The van der Waals surface area contributed by atoms with E-state index in [-0.39, 0.29) is 30.2 Å². The molecule has 0 saturated heterocycles. The summed E-state index contributed by atoms with van der Waals surface area (Å²) in [4.78, 5) is 12.1. The number of carbonyl (C=O) groups is 1. The number of aromatic nitrogens is 2. The molecule has 0 aliphatic heterocycles. The van der Waals surface area contributed by atoms with Crippen LogP contribution in [0.5, 0.6) is 0 Å². The van der Waals surface area contributed by atoms with Crippen LogP contribution in [0.15, 0.2) is 30.5 Å². The zero-order valence-corrected chi connectivity index (χ0v) is 13.4. The molecule has 5 nitrogen and oxygen atoms in total. The molecule has 1 amide bonds. The van der Waals surface area contributed by atoms with E-state index in [1.807, 2.05) is 6.92 Å². The Morgan fingerprint density at radius 1 is 1.41 bits per heavy atom. The Labute approximate surface area is 135 Å². The van der Waals surface area contributed by atoms with Gasteiger partial charge in [-0.1, -0.05) is 0 Å². The first-order valence-electron chi connectivity index (χ1n) is 6.83. The number of halogens is 2. The number of hydrogen-bond donors (Lipinski definition) is 2. The predicted molar refractivity (Wildman–Crippen MR) is 86.1 cm³/mol. The van der Waals surface area contributed by atoms with Crippen molar-refractivity contribution >= 4 is 18.3 Å². The molecule has 1 unspecified atom stereocenters. The summed E-state index contributed by atoms with van der Waals surface area (Å²) >= 11 is 0. The SMILES string of the molecule is Cc1c(C(=O)NCCC(C)N)cnn1-c1ccc(F)cc1.Cl. The van der Waals surface area contributed by atoms with Crippen molar-refractivity contribution in [3.63, 3.8) is 0 Å². The second kappa shape index (κ2) is 7.91. The van der Waals surface area contributed by atoms with E-state index in [0.29, 0.717) is 23.5 Å². The molecule has 0 bridgehead atoms. The minimum absolute atomic E-state index is 0. The molecular weight excluding hydrogens is 307 g/mol. The van der Waals surface area contributed by atoms with Crippen molar-refractivity contribution in [2.45, 2.75) is 26.3 Å². The van der Waals surface area contributed by atoms with Gasteiger partial charge in [0, 0.05) is 12.6 Å². The molecule has 0 radical (unpaired) electrons. The van der Waals surface area contributed by atoms with Crippen molar-refractivity contribution in [1.82, 2.24) is 15.1 Å². The van der Waals surface area contributed by atoms with E-state index in [1.165, 1.54) is 18.3 Å². The molecule has 2 rings (SSSR count). The maximum Gasteiger partial charge on any atom is 0.254 e. The Bertz CT molecular complexity index is 625. The van der Waals surface area contributed by atoms with Crippen LogP contribution in [0.2, 0.25) is 0 Å². The lowest BCUT2D eigenvalue weighted by Crippen LogP contribution is -2.29. The highest BCUT2D eigenvalue weighted by Crippen LogP contribution is 2.14. The summed E-state index contributed by atoms with van der Waals surface area (Å²) < 4.78 is 14.5. The minimum Gasteiger partial charge on any atom is -0.352 e. The first kappa shape index (κ1) is 18.1. The Morgan fingerprint density at radius 3 is 2.64 bits per heavy atom. The second-order valence-corrected chi connectivity index (χ2v) is 5.05. The molecule has 0 saturated carbocycles. The van der Waals surface area contributed by atoms with Gasteiger partial charge >= 0.3 is 0 Å². The van der Waals surface area contributed by atoms with Crippen LogP contribution in [0.25, 0.3) is 5.69 Å². The molecule has 0 fully saturated rings. The summed E-state index contributed by atoms with van der Waals surface area (Å²) in [6, 6.07) is 6.01. The molecule has 22 heavy (non-hydrogen) atoms. The van der Waals surface area contributed by atoms with Crippen LogP contribution in [0.1, 0.15) is 29.4 Å². The van der Waals surface area contributed by atoms with E-state index >= 15 is 0 Å². The van der Waals surface area contributed by atoms with Crippen LogP contribution in [-0.4, -0.2) is 28.3 Å². The summed E-state index contributed by atoms with van der Waals surface area (Å²) in [5.74, 6) is -0.487. The first-order valence-corrected chi connectivity index (χ1v) is 6.83. The van der Waals surface area contributed by atoms with Gasteiger partial charge in [0.25, 0.3) is 5.91 Å². The van der Waals surface area contributed by atoms with Crippen molar-refractivity contribution in [2.24, 2.45) is 5.73 Å². The van der Waals surface area contributed by atoms with E-state index < -0.39 is 0 Å². The van der Waals surface area contributed by atoms with Crippen LogP contribution in [0.4, 0.5) is 4.39 Å². The number of benzene rings is 1. The topological polar surface area (TPSA) is 72.9 Å². The molecule has 1 atom stereocenters. The highest BCUT2D eigenvalue weighted by Gasteiger charge is 2.14. The van der Waals surface area contributed by atoms with Gasteiger partial charge in [0.1, 0.15) is 5.82 Å². The second-order valence-electron chi connectivity index (χ2n) is 5.05.